The van der Waals surface area contributed by atoms with Crippen LogP contribution in [0.3, 0.4) is 0 Å². The number of hydrogen-bond donors (Lipinski definition) is 0. The molecule has 1 atom stereocenters. The lowest BCUT2D eigenvalue weighted by molar-refractivity contribution is 0.0603. The van der Waals surface area contributed by atoms with Gasteiger partial charge in [-0.15, -0.1) is 0 Å². The van der Waals surface area contributed by atoms with E-state index in [0.29, 0.717) is 16.7 Å². The lowest BCUT2D eigenvalue weighted by Crippen LogP contribution is -2.45. The third-order valence-electron chi connectivity index (χ3n) is 5.04. The van der Waals surface area contributed by atoms with Gasteiger partial charge in [0.25, 0.3) is 5.91 Å². The van der Waals surface area contributed by atoms with Crippen molar-refractivity contribution in [3.8, 4) is 11.5 Å². The summed E-state index contributed by atoms with van der Waals surface area (Å²) in [5.41, 5.74) is 0.809. The minimum absolute atomic E-state index is 0.153. The largest absolute Gasteiger partial charge is 0.497 e. The van der Waals surface area contributed by atoms with Gasteiger partial charge in [-0.1, -0.05) is 18.2 Å². The van der Waals surface area contributed by atoms with Crippen molar-refractivity contribution >= 4 is 38.5 Å². The van der Waals surface area contributed by atoms with Crippen LogP contribution in [0.1, 0.15) is 22.1 Å². The summed E-state index contributed by atoms with van der Waals surface area (Å²) in [5.74, 6) is -0.515. The Bertz CT molecular complexity index is 1280. The first kappa shape index (κ1) is 23.1. The Morgan fingerprint density at radius 2 is 1.72 bits per heavy atom. The number of rotatable bonds is 7. The second-order valence-corrected chi connectivity index (χ2v) is 8.89. The topological polar surface area (TPSA) is 104 Å². The Morgan fingerprint density at radius 3 is 2.31 bits per heavy atom. The van der Waals surface area contributed by atoms with E-state index in [-0.39, 0.29) is 17.0 Å². The molecule has 2 aromatic carbocycles. The predicted molar refractivity (Wildman–Crippen MR) is 120 cm³/mol. The molecule has 0 fully saturated rings. The van der Waals surface area contributed by atoms with Gasteiger partial charge in [-0.3, -0.25) is 13.7 Å². The Labute approximate surface area is 186 Å². The monoisotopic (exact) mass is 460 g/mol. The van der Waals surface area contributed by atoms with Crippen molar-refractivity contribution in [2.24, 2.45) is 0 Å². The Balaban J connectivity index is 2.17. The molecule has 0 unspecified atom stereocenters. The molecule has 32 heavy (non-hydrogen) atoms. The van der Waals surface area contributed by atoms with Crippen LogP contribution in [0.4, 0.5) is 5.69 Å². The third-order valence-corrected chi connectivity index (χ3v) is 6.27. The summed E-state index contributed by atoms with van der Waals surface area (Å²) < 4.78 is 43.2. The van der Waals surface area contributed by atoms with E-state index < -0.39 is 27.9 Å². The number of aromatic nitrogens is 1. The van der Waals surface area contributed by atoms with Crippen molar-refractivity contribution < 1.29 is 32.2 Å². The molecular formula is C22H24N2O7S. The van der Waals surface area contributed by atoms with E-state index in [1.807, 2.05) is 0 Å². The van der Waals surface area contributed by atoms with E-state index in [2.05, 4.69) is 0 Å². The van der Waals surface area contributed by atoms with Gasteiger partial charge in [0.1, 0.15) is 17.5 Å². The van der Waals surface area contributed by atoms with E-state index >= 15 is 0 Å². The highest BCUT2D eigenvalue weighted by atomic mass is 32.2. The quantitative estimate of drug-likeness (QED) is 0.499. The summed E-state index contributed by atoms with van der Waals surface area (Å²) in [6.07, 6.45) is 2.36. The van der Waals surface area contributed by atoms with E-state index in [0.717, 1.165) is 10.6 Å². The maximum Gasteiger partial charge on any atom is 0.340 e. The Kier molecular flexibility index (Phi) is 6.45. The van der Waals surface area contributed by atoms with Crippen LogP contribution in [0.2, 0.25) is 0 Å². The van der Waals surface area contributed by atoms with Crippen molar-refractivity contribution in [3.05, 3.63) is 54.2 Å². The number of fused-ring (bicyclic) bond motifs is 1. The molecule has 170 valence electrons. The second kappa shape index (κ2) is 8.91. The highest BCUT2D eigenvalue weighted by Crippen LogP contribution is 2.35. The highest BCUT2D eigenvalue weighted by Gasteiger charge is 2.33. The number of ether oxygens (including phenoxy) is 3. The molecule has 0 aliphatic carbocycles. The first-order valence-electron chi connectivity index (χ1n) is 9.58. The molecular weight excluding hydrogens is 436 g/mol. The Hall–Kier alpha value is -3.53. The number of sulfonamides is 1. The average Bonchev–Trinajstić information content (AvgIpc) is 3.16. The normalized spacial score (nSPS) is 12.3. The maximum absolute atomic E-state index is 13.5. The summed E-state index contributed by atoms with van der Waals surface area (Å²) in [6, 6.07) is 10.3. The van der Waals surface area contributed by atoms with Gasteiger partial charge < -0.3 is 14.2 Å². The summed E-state index contributed by atoms with van der Waals surface area (Å²) in [5, 5.41) is 0.518. The van der Waals surface area contributed by atoms with Crippen molar-refractivity contribution in [2.45, 2.75) is 13.0 Å². The first-order chi connectivity index (χ1) is 15.1. The molecule has 1 heterocycles. The van der Waals surface area contributed by atoms with Crippen LogP contribution in [0.25, 0.3) is 10.9 Å². The maximum atomic E-state index is 13.5. The average molecular weight is 461 g/mol. The van der Waals surface area contributed by atoms with Crippen LogP contribution in [0, 0.1) is 0 Å². The fourth-order valence-electron chi connectivity index (χ4n) is 3.58. The first-order valence-corrected chi connectivity index (χ1v) is 11.4. The van der Waals surface area contributed by atoms with Crippen LogP contribution >= 0.6 is 0 Å². The number of nitrogens with zero attached hydrogens (tertiary/aromatic N) is 2. The van der Waals surface area contributed by atoms with Crippen molar-refractivity contribution in [2.75, 3.05) is 31.9 Å². The van der Waals surface area contributed by atoms with E-state index in [1.165, 1.54) is 45.1 Å². The zero-order chi connectivity index (χ0) is 23.6. The lowest BCUT2D eigenvalue weighted by Gasteiger charge is -2.29. The highest BCUT2D eigenvalue weighted by molar-refractivity contribution is 7.92. The zero-order valence-electron chi connectivity index (χ0n) is 18.4. The van der Waals surface area contributed by atoms with Gasteiger partial charge in [0.15, 0.2) is 0 Å². The molecule has 0 aliphatic heterocycles. The summed E-state index contributed by atoms with van der Waals surface area (Å²) >= 11 is 0. The van der Waals surface area contributed by atoms with Gasteiger partial charge in [0, 0.05) is 17.6 Å². The van der Waals surface area contributed by atoms with Gasteiger partial charge in [-0.05, 0) is 25.1 Å². The number of methoxy groups -OCH3 is 3. The number of carbonyl (C=O) groups excluding carboxylic acids is 2. The fourth-order valence-corrected chi connectivity index (χ4v) is 4.74. The smallest absolute Gasteiger partial charge is 0.340 e. The standard InChI is InChI=1S/C22H24N2O7S/c1-14(24(32(5,27)28)19-12-15(29-2)10-11-20(19)30-3)21(25)23-13-17(22(26)31-4)16-8-6-7-9-18(16)23/h6-14H,1-5H3/t14-/m0/s1. The molecule has 0 saturated heterocycles. The molecule has 10 heteroatoms. The number of benzene rings is 2. The molecule has 0 amide bonds. The van der Waals surface area contributed by atoms with E-state index in [9.17, 15) is 18.0 Å². The minimum atomic E-state index is -3.92. The van der Waals surface area contributed by atoms with Gasteiger partial charge in [0.05, 0.1) is 44.4 Å². The van der Waals surface area contributed by atoms with Gasteiger partial charge in [-0.25, -0.2) is 13.2 Å². The number of hydrogen-bond acceptors (Lipinski definition) is 7. The van der Waals surface area contributed by atoms with Crippen LogP contribution < -0.4 is 13.8 Å². The second-order valence-electron chi connectivity index (χ2n) is 7.03. The van der Waals surface area contributed by atoms with Crippen LogP contribution in [-0.2, 0) is 14.8 Å². The lowest BCUT2D eigenvalue weighted by atomic mass is 10.2. The Morgan fingerprint density at radius 1 is 1.03 bits per heavy atom. The summed E-state index contributed by atoms with van der Waals surface area (Å²) in [6.45, 7) is 1.47. The van der Waals surface area contributed by atoms with Crippen molar-refractivity contribution in [1.82, 2.24) is 4.57 Å². The molecule has 0 aliphatic rings. The van der Waals surface area contributed by atoms with Crippen LogP contribution in [0.15, 0.2) is 48.7 Å². The molecule has 3 aromatic rings. The molecule has 0 radical (unpaired) electrons. The molecule has 9 nitrogen and oxygen atoms in total. The molecule has 0 bridgehead atoms. The van der Waals surface area contributed by atoms with Gasteiger partial charge >= 0.3 is 5.97 Å². The summed E-state index contributed by atoms with van der Waals surface area (Å²) in [4.78, 5) is 25.7. The van der Waals surface area contributed by atoms with Crippen LogP contribution in [-0.4, -0.2) is 58.5 Å². The van der Waals surface area contributed by atoms with Crippen LogP contribution in [0.5, 0.6) is 11.5 Å². The molecule has 0 spiro atoms. The van der Waals surface area contributed by atoms with Gasteiger partial charge in [0.2, 0.25) is 10.0 Å². The number of para-hydroxylation sites is 1. The van der Waals surface area contributed by atoms with E-state index in [1.54, 1.807) is 36.4 Å². The van der Waals surface area contributed by atoms with Crippen molar-refractivity contribution in [1.29, 1.82) is 0 Å². The molecule has 0 saturated carbocycles. The molecule has 1 aromatic heterocycles. The number of anilines is 1. The minimum Gasteiger partial charge on any atom is -0.497 e. The fraction of sp³-hybridized carbons (Fsp3) is 0.273. The number of carbonyl (C=O) groups is 2. The molecule has 3 rings (SSSR count). The SMILES string of the molecule is COC(=O)c1cn(C(=O)[C@H](C)N(c2cc(OC)ccc2OC)S(C)(=O)=O)c2ccccc12. The zero-order valence-corrected chi connectivity index (χ0v) is 19.2. The van der Waals surface area contributed by atoms with E-state index in [4.69, 9.17) is 14.2 Å². The third kappa shape index (κ3) is 4.13. The predicted octanol–water partition coefficient (Wildman–Crippen LogP) is 2.94. The van der Waals surface area contributed by atoms with Crippen molar-refractivity contribution in [3.63, 3.8) is 0 Å². The molecule has 0 N–H and O–H groups in total. The number of esters is 1. The van der Waals surface area contributed by atoms with Gasteiger partial charge in [-0.2, -0.15) is 0 Å². The summed E-state index contributed by atoms with van der Waals surface area (Å²) in [7, 11) is 0.179.